The molecule has 2 heteroatoms. The highest BCUT2D eigenvalue weighted by atomic mass is 15.1. The van der Waals surface area contributed by atoms with Crippen LogP contribution in [0.25, 0.3) is 0 Å². The van der Waals surface area contributed by atoms with Gasteiger partial charge in [0.1, 0.15) is 0 Å². The zero-order valence-corrected chi connectivity index (χ0v) is 11.7. The van der Waals surface area contributed by atoms with Crippen LogP contribution in [-0.2, 0) is 0 Å². The van der Waals surface area contributed by atoms with Crippen LogP contribution in [0.5, 0.6) is 0 Å². The van der Waals surface area contributed by atoms with Gasteiger partial charge < -0.3 is 10.6 Å². The molecular formula is C15H26N2. The van der Waals surface area contributed by atoms with Crippen molar-refractivity contribution in [2.45, 2.75) is 34.1 Å². The zero-order valence-electron chi connectivity index (χ0n) is 11.7. The fourth-order valence-electron chi connectivity index (χ4n) is 2.00. The molecule has 0 saturated heterocycles. The molecule has 0 fully saturated rings. The molecular weight excluding hydrogens is 208 g/mol. The van der Waals surface area contributed by atoms with Gasteiger partial charge in [0.25, 0.3) is 0 Å². The summed E-state index contributed by atoms with van der Waals surface area (Å²) in [5.41, 5.74) is 9.80. The molecule has 0 saturated carbocycles. The first-order valence-corrected chi connectivity index (χ1v) is 6.57. The second-order valence-electron chi connectivity index (χ2n) is 5.18. The lowest BCUT2D eigenvalue weighted by molar-refractivity contribution is 0.573. The van der Waals surface area contributed by atoms with Gasteiger partial charge in [-0.2, -0.15) is 0 Å². The number of nitrogens with two attached hydrogens (primary N) is 1. The van der Waals surface area contributed by atoms with Crippen LogP contribution in [0.2, 0.25) is 0 Å². The van der Waals surface area contributed by atoms with E-state index in [4.69, 9.17) is 5.73 Å². The molecule has 1 aromatic carbocycles. The second-order valence-corrected chi connectivity index (χ2v) is 5.18. The van der Waals surface area contributed by atoms with Crippen LogP contribution in [0.4, 0.5) is 5.69 Å². The van der Waals surface area contributed by atoms with E-state index in [1.807, 2.05) is 0 Å². The Kier molecular flexibility index (Phi) is 5.49. The van der Waals surface area contributed by atoms with E-state index < -0.39 is 0 Å². The Bertz CT molecular complexity index is 345. The van der Waals surface area contributed by atoms with Gasteiger partial charge in [-0.25, -0.2) is 0 Å². The number of aryl methyl sites for hydroxylation is 1. The number of anilines is 1. The predicted molar refractivity (Wildman–Crippen MR) is 76.6 cm³/mol. The lowest BCUT2D eigenvalue weighted by Crippen LogP contribution is -2.31. The lowest BCUT2D eigenvalue weighted by Gasteiger charge is -2.27. The van der Waals surface area contributed by atoms with Crippen molar-refractivity contribution < 1.29 is 0 Å². The van der Waals surface area contributed by atoms with Gasteiger partial charge in [-0.05, 0) is 43.4 Å². The molecule has 0 spiro atoms. The fraction of sp³-hybridized carbons (Fsp3) is 0.600. The first-order chi connectivity index (χ1) is 8.06. The maximum Gasteiger partial charge on any atom is 0.0399 e. The van der Waals surface area contributed by atoms with Crippen molar-refractivity contribution in [1.29, 1.82) is 0 Å². The van der Waals surface area contributed by atoms with Gasteiger partial charge in [-0.3, -0.25) is 0 Å². The maximum atomic E-state index is 5.72. The molecule has 2 nitrogen and oxygen atoms in total. The summed E-state index contributed by atoms with van der Waals surface area (Å²) in [5, 5.41) is 0. The Morgan fingerprint density at radius 2 is 1.88 bits per heavy atom. The number of hydrogen-bond donors (Lipinski definition) is 1. The van der Waals surface area contributed by atoms with Crippen molar-refractivity contribution in [2.75, 3.05) is 24.5 Å². The molecule has 2 N–H and O–H groups in total. The lowest BCUT2D eigenvalue weighted by atomic mass is 10.1. The smallest absolute Gasteiger partial charge is 0.0399 e. The Labute approximate surface area is 106 Å². The van der Waals surface area contributed by atoms with E-state index in [9.17, 15) is 0 Å². The van der Waals surface area contributed by atoms with Crippen LogP contribution < -0.4 is 10.6 Å². The van der Waals surface area contributed by atoms with E-state index in [1.54, 1.807) is 0 Å². The maximum absolute atomic E-state index is 5.72. The standard InChI is InChI=1S/C15H26N2/c1-12(2)8-10-17(11-9-16)15-7-5-6-13(3)14(15)4/h5-7,12H,8-11,16H2,1-4H3. The molecule has 0 atom stereocenters. The van der Waals surface area contributed by atoms with Crippen LogP contribution in [0, 0.1) is 19.8 Å². The third-order valence-corrected chi connectivity index (χ3v) is 3.29. The van der Waals surface area contributed by atoms with E-state index in [0.717, 1.165) is 19.0 Å². The first-order valence-electron chi connectivity index (χ1n) is 6.57. The zero-order chi connectivity index (χ0) is 12.8. The average Bonchev–Trinajstić information content (AvgIpc) is 2.28. The molecule has 0 bridgehead atoms. The molecule has 0 unspecified atom stereocenters. The molecule has 17 heavy (non-hydrogen) atoms. The van der Waals surface area contributed by atoms with Gasteiger partial charge in [0.05, 0.1) is 0 Å². The fourth-order valence-corrected chi connectivity index (χ4v) is 2.00. The van der Waals surface area contributed by atoms with Gasteiger partial charge in [0.2, 0.25) is 0 Å². The van der Waals surface area contributed by atoms with E-state index in [-0.39, 0.29) is 0 Å². The molecule has 1 aromatic rings. The van der Waals surface area contributed by atoms with Gasteiger partial charge in [-0.1, -0.05) is 26.0 Å². The largest absolute Gasteiger partial charge is 0.370 e. The number of rotatable bonds is 6. The van der Waals surface area contributed by atoms with E-state index >= 15 is 0 Å². The normalized spacial score (nSPS) is 10.9. The summed E-state index contributed by atoms with van der Waals surface area (Å²) in [5.74, 6) is 0.736. The van der Waals surface area contributed by atoms with E-state index in [2.05, 4.69) is 50.8 Å². The predicted octanol–water partition coefficient (Wildman–Crippen LogP) is 3.11. The second kappa shape index (κ2) is 6.65. The quantitative estimate of drug-likeness (QED) is 0.819. The molecule has 96 valence electrons. The van der Waals surface area contributed by atoms with Gasteiger partial charge >= 0.3 is 0 Å². The monoisotopic (exact) mass is 234 g/mol. The van der Waals surface area contributed by atoms with Crippen molar-refractivity contribution in [2.24, 2.45) is 11.7 Å². The highest BCUT2D eigenvalue weighted by molar-refractivity contribution is 5.55. The number of nitrogens with zero attached hydrogens (tertiary/aromatic N) is 1. The Morgan fingerprint density at radius 3 is 2.47 bits per heavy atom. The summed E-state index contributed by atoms with van der Waals surface area (Å²) in [4.78, 5) is 2.42. The third kappa shape index (κ3) is 4.04. The summed E-state index contributed by atoms with van der Waals surface area (Å²) in [6.07, 6.45) is 1.22. The van der Waals surface area contributed by atoms with Crippen molar-refractivity contribution >= 4 is 5.69 Å². The van der Waals surface area contributed by atoms with Gasteiger partial charge in [0, 0.05) is 25.3 Å². The topological polar surface area (TPSA) is 29.3 Å². The molecule has 0 aliphatic carbocycles. The Morgan fingerprint density at radius 1 is 1.18 bits per heavy atom. The minimum absolute atomic E-state index is 0.714. The van der Waals surface area contributed by atoms with Crippen LogP contribution >= 0.6 is 0 Å². The number of hydrogen-bond acceptors (Lipinski definition) is 2. The summed E-state index contributed by atoms with van der Waals surface area (Å²) >= 11 is 0. The Balaban J connectivity index is 2.85. The molecule has 0 aliphatic rings. The molecule has 0 radical (unpaired) electrons. The molecule has 1 rings (SSSR count). The van der Waals surface area contributed by atoms with Gasteiger partial charge in [-0.15, -0.1) is 0 Å². The van der Waals surface area contributed by atoms with Gasteiger partial charge in [0.15, 0.2) is 0 Å². The Hall–Kier alpha value is -1.02. The van der Waals surface area contributed by atoms with E-state index in [0.29, 0.717) is 6.54 Å². The van der Waals surface area contributed by atoms with Crippen molar-refractivity contribution in [3.8, 4) is 0 Å². The summed E-state index contributed by atoms with van der Waals surface area (Å²) in [6, 6.07) is 6.51. The van der Waals surface area contributed by atoms with Crippen molar-refractivity contribution in [3.63, 3.8) is 0 Å². The molecule has 0 aromatic heterocycles. The minimum atomic E-state index is 0.714. The molecule has 0 amide bonds. The van der Waals surface area contributed by atoms with Crippen molar-refractivity contribution in [1.82, 2.24) is 0 Å². The van der Waals surface area contributed by atoms with Crippen LogP contribution in [-0.4, -0.2) is 19.6 Å². The molecule has 0 aliphatic heterocycles. The SMILES string of the molecule is Cc1cccc(N(CCN)CCC(C)C)c1C. The third-order valence-electron chi connectivity index (χ3n) is 3.29. The summed E-state index contributed by atoms with van der Waals surface area (Å²) in [6.45, 7) is 11.7. The highest BCUT2D eigenvalue weighted by Crippen LogP contribution is 2.23. The van der Waals surface area contributed by atoms with Crippen LogP contribution in [0.1, 0.15) is 31.4 Å². The molecule has 0 heterocycles. The average molecular weight is 234 g/mol. The number of benzene rings is 1. The van der Waals surface area contributed by atoms with Crippen LogP contribution in [0.3, 0.4) is 0 Å². The minimum Gasteiger partial charge on any atom is -0.370 e. The van der Waals surface area contributed by atoms with Crippen LogP contribution in [0.15, 0.2) is 18.2 Å². The first kappa shape index (κ1) is 14.0. The summed E-state index contributed by atoms with van der Waals surface area (Å²) in [7, 11) is 0. The highest BCUT2D eigenvalue weighted by Gasteiger charge is 2.10. The van der Waals surface area contributed by atoms with Crippen molar-refractivity contribution in [3.05, 3.63) is 29.3 Å². The summed E-state index contributed by atoms with van der Waals surface area (Å²) < 4.78 is 0. The van der Waals surface area contributed by atoms with E-state index in [1.165, 1.54) is 23.2 Å².